The monoisotopic (exact) mass is 340 g/mol. The molecule has 0 fully saturated rings. The number of benzene rings is 1. The summed E-state index contributed by atoms with van der Waals surface area (Å²) in [5.41, 5.74) is 1.52. The zero-order chi connectivity index (χ0) is 14.2. The first-order chi connectivity index (χ1) is 8.79. The Balaban J connectivity index is 2.67. The van der Waals surface area contributed by atoms with Gasteiger partial charge in [-0.1, -0.05) is 45.1 Å². The van der Waals surface area contributed by atoms with Crippen LogP contribution in [0.25, 0.3) is 11.4 Å². The number of H-pyrrole nitrogens is 1. The van der Waals surface area contributed by atoms with Crippen molar-refractivity contribution in [3.8, 4) is 11.4 Å². The van der Waals surface area contributed by atoms with Crippen LogP contribution in [0.3, 0.4) is 0 Å². The second-order valence-electron chi connectivity index (χ2n) is 5.34. The summed E-state index contributed by atoms with van der Waals surface area (Å²) in [6.45, 7) is 6.23. The molecule has 100 valence electrons. The first-order valence-corrected chi connectivity index (χ1v) is 7.05. The van der Waals surface area contributed by atoms with E-state index >= 15 is 0 Å². The standard InChI is InChI=1S/C14H14BrFN2S/c1-14(2,3)11-10(15)13(19)18-12(17-11)8-5-4-6-9(16)7-8/h4-7H,1-3H3,(H,17,18,19). The highest BCUT2D eigenvalue weighted by atomic mass is 79.9. The smallest absolute Gasteiger partial charge is 0.144 e. The van der Waals surface area contributed by atoms with E-state index in [0.717, 1.165) is 10.2 Å². The van der Waals surface area contributed by atoms with Crippen LogP contribution < -0.4 is 0 Å². The van der Waals surface area contributed by atoms with E-state index in [0.29, 0.717) is 16.0 Å². The Morgan fingerprint density at radius 3 is 2.58 bits per heavy atom. The van der Waals surface area contributed by atoms with E-state index in [9.17, 15) is 4.39 Å². The molecular formula is C14H14BrFN2S. The molecule has 1 heterocycles. The predicted octanol–water partition coefficient (Wildman–Crippen LogP) is 5.01. The molecule has 5 heteroatoms. The minimum Gasteiger partial charge on any atom is -0.342 e. The fraction of sp³-hybridized carbons (Fsp3) is 0.286. The summed E-state index contributed by atoms with van der Waals surface area (Å²) < 4.78 is 14.6. The van der Waals surface area contributed by atoms with Crippen molar-refractivity contribution in [1.29, 1.82) is 0 Å². The van der Waals surface area contributed by atoms with Crippen molar-refractivity contribution in [2.45, 2.75) is 26.2 Å². The van der Waals surface area contributed by atoms with E-state index in [1.54, 1.807) is 12.1 Å². The van der Waals surface area contributed by atoms with Gasteiger partial charge in [0.2, 0.25) is 0 Å². The van der Waals surface area contributed by atoms with Crippen molar-refractivity contribution in [1.82, 2.24) is 9.97 Å². The molecule has 0 aliphatic rings. The fourth-order valence-electron chi connectivity index (χ4n) is 1.75. The SMILES string of the molecule is CC(C)(C)c1[nH]c(-c2cccc(F)c2)nc(=S)c1Br. The molecule has 0 atom stereocenters. The molecule has 0 unspecified atom stereocenters. The van der Waals surface area contributed by atoms with Crippen LogP contribution >= 0.6 is 28.1 Å². The van der Waals surface area contributed by atoms with Crippen LogP contribution in [0, 0.1) is 10.5 Å². The lowest BCUT2D eigenvalue weighted by molar-refractivity contribution is 0.563. The first kappa shape index (κ1) is 14.3. The summed E-state index contributed by atoms with van der Waals surface area (Å²) in [4.78, 5) is 7.55. The summed E-state index contributed by atoms with van der Waals surface area (Å²) in [5.74, 6) is 0.288. The lowest BCUT2D eigenvalue weighted by atomic mass is 9.92. The Morgan fingerprint density at radius 2 is 2.00 bits per heavy atom. The molecule has 0 aliphatic carbocycles. The zero-order valence-electron chi connectivity index (χ0n) is 10.9. The molecular weight excluding hydrogens is 327 g/mol. The zero-order valence-corrected chi connectivity index (χ0v) is 13.3. The molecule has 2 rings (SSSR count). The third-order valence-corrected chi connectivity index (χ3v) is 4.04. The molecule has 0 spiro atoms. The van der Waals surface area contributed by atoms with Gasteiger partial charge in [0, 0.05) is 16.7 Å². The van der Waals surface area contributed by atoms with Gasteiger partial charge < -0.3 is 4.98 Å². The molecule has 0 saturated carbocycles. The molecule has 2 nitrogen and oxygen atoms in total. The van der Waals surface area contributed by atoms with E-state index in [2.05, 4.69) is 46.7 Å². The number of aromatic nitrogens is 2. The van der Waals surface area contributed by atoms with Gasteiger partial charge in [-0.3, -0.25) is 0 Å². The maximum absolute atomic E-state index is 13.3. The van der Waals surface area contributed by atoms with Crippen molar-refractivity contribution >= 4 is 28.1 Å². The number of hydrogen-bond donors (Lipinski definition) is 1. The van der Waals surface area contributed by atoms with E-state index in [4.69, 9.17) is 12.2 Å². The van der Waals surface area contributed by atoms with Crippen molar-refractivity contribution in [3.05, 3.63) is 44.9 Å². The molecule has 19 heavy (non-hydrogen) atoms. The highest BCUT2D eigenvalue weighted by Gasteiger charge is 2.20. The van der Waals surface area contributed by atoms with Gasteiger partial charge in [0.25, 0.3) is 0 Å². The molecule has 0 saturated heterocycles. The van der Waals surface area contributed by atoms with E-state index < -0.39 is 0 Å². The van der Waals surface area contributed by atoms with Crippen molar-refractivity contribution < 1.29 is 4.39 Å². The van der Waals surface area contributed by atoms with Crippen molar-refractivity contribution in [2.24, 2.45) is 0 Å². The highest BCUT2D eigenvalue weighted by Crippen LogP contribution is 2.30. The summed E-state index contributed by atoms with van der Waals surface area (Å²) in [6.07, 6.45) is 0. The number of aromatic amines is 1. The molecule has 1 aromatic carbocycles. The number of hydrogen-bond acceptors (Lipinski definition) is 2. The van der Waals surface area contributed by atoms with Gasteiger partial charge in [-0.2, -0.15) is 0 Å². The Labute approximate surface area is 125 Å². The van der Waals surface area contributed by atoms with E-state index in [-0.39, 0.29) is 11.2 Å². The number of halogens is 2. The van der Waals surface area contributed by atoms with Crippen LogP contribution in [0.4, 0.5) is 4.39 Å². The normalized spacial score (nSPS) is 11.6. The molecule has 0 aliphatic heterocycles. The van der Waals surface area contributed by atoms with Gasteiger partial charge in [0.1, 0.15) is 16.3 Å². The van der Waals surface area contributed by atoms with Gasteiger partial charge in [-0.05, 0) is 28.1 Å². The molecule has 1 aromatic heterocycles. The second kappa shape index (κ2) is 5.13. The van der Waals surface area contributed by atoms with Gasteiger partial charge in [-0.25, -0.2) is 9.37 Å². The van der Waals surface area contributed by atoms with Crippen molar-refractivity contribution in [3.63, 3.8) is 0 Å². The minimum absolute atomic E-state index is 0.114. The fourth-order valence-corrected chi connectivity index (χ4v) is 2.72. The lowest BCUT2D eigenvalue weighted by Gasteiger charge is -2.21. The molecule has 1 N–H and O–H groups in total. The van der Waals surface area contributed by atoms with Crippen molar-refractivity contribution in [2.75, 3.05) is 0 Å². The Kier molecular flexibility index (Phi) is 3.87. The average molecular weight is 341 g/mol. The third-order valence-electron chi connectivity index (χ3n) is 2.71. The number of nitrogens with zero attached hydrogens (tertiary/aromatic N) is 1. The van der Waals surface area contributed by atoms with Crippen LogP contribution in [0.1, 0.15) is 26.5 Å². The van der Waals surface area contributed by atoms with Crippen LogP contribution in [0.5, 0.6) is 0 Å². The van der Waals surface area contributed by atoms with Crippen LogP contribution in [0.2, 0.25) is 0 Å². The molecule has 0 bridgehead atoms. The van der Waals surface area contributed by atoms with Crippen LogP contribution in [-0.4, -0.2) is 9.97 Å². The topological polar surface area (TPSA) is 28.7 Å². The second-order valence-corrected chi connectivity index (χ2v) is 6.52. The van der Waals surface area contributed by atoms with Gasteiger partial charge in [0.05, 0.1) is 4.47 Å². The van der Waals surface area contributed by atoms with Gasteiger partial charge in [0.15, 0.2) is 0 Å². The van der Waals surface area contributed by atoms with Crippen LogP contribution in [0.15, 0.2) is 28.7 Å². The number of nitrogens with one attached hydrogen (secondary N) is 1. The summed E-state index contributed by atoms with van der Waals surface area (Å²) in [7, 11) is 0. The first-order valence-electron chi connectivity index (χ1n) is 5.85. The molecule has 0 radical (unpaired) electrons. The maximum atomic E-state index is 13.3. The summed E-state index contributed by atoms with van der Waals surface area (Å²) in [6, 6.07) is 6.30. The van der Waals surface area contributed by atoms with Crippen LogP contribution in [-0.2, 0) is 5.41 Å². The maximum Gasteiger partial charge on any atom is 0.144 e. The average Bonchev–Trinajstić information content (AvgIpc) is 2.31. The Bertz CT molecular complexity index is 674. The minimum atomic E-state index is -0.293. The Morgan fingerprint density at radius 1 is 1.32 bits per heavy atom. The third kappa shape index (κ3) is 3.09. The Hall–Kier alpha value is -1.07. The predicted molar refractivity (Wildman–Crippen MR) is 81.2 cm³/mol. The quantitative estimate of drug-likeness (QED) is 0.739. The lowest BCUT2D eigenvalue weighted by Crippen LogP contribution is -2.16. The van der Waals surface area contributed by atoms with E-state index in [1.807, 2.05) is 0 Å². The summed E-state index contributed by atoms with van der Waals surface area (Å²) in [5, 5.41) is 0. The van der Waals surface area contributed by atoms with E-state index in [1.165, 1.54) is 12.1 Å². The van der Waals surface area contributed by atoms with Gasteiger partial charge in [-0.15, -0.1) is 0 Å². The largest absolute Gasteiger partial charge is 0.342 e. The highest BCUT2D eigenvalue weighted by molar-refractivity contribution is 9.10. The van der Waals surface area contributed by atoms with Gasteiger partial charge >= 0.3 is 0 Å². The summed E-state index contributed by atoms with van der Waals surface area (Å²) >= 11 is 8.72. The number of rotatable bonds is 1. The molecule has 0 amide bonds. The molecule has 2 aromatic rings.